The zero-order valence-electron chi connectivity index (χ0n) is 20.1. The topological polar surface area (TPSA) is 66.8 Å². The Morgan fingerprint density at radius 1 is 1.03 bits per heavy atom. The molecular weight excluding hydrogens is 445 g/mol. The SMILES string of the molecule is CCc1ccc(CC2(C)Cc3cc(C(=O)N(CCC(=O)O)Cc4cccc(F)c4)ccc3O2)cc1. The second kappa shape index (κ2) is 10.3. The third-order valence-electron chi connectivity index (χ3n) is 6.38. The number of carbonyl (C=O) groups excluding carboxylic acids is 1. The number of ether oxygens (including phenoxy) is 1. The summed E-state index contributed by atoms with van der Waals surface area (Å²) in [6.45, 7) is 4.37. The number of carbonyl (C=O) groups is 2. The van der Waals surface area contributed by atoms with Gasteiger partial charge in [-0.3, -0.25) is 9.59 Å². The van der Waals surface area contributed by atoms with Crippen LogP contribution in [0.15, 0.2) is 66.7 Å². The van der Waals surface area contributed by atoms with E-state index < -0.39 is 17.4 Å². The van der Waals surface area contributed by atoms with E-state index in [-0.39, 0.29) is 25.4 Å². The summed E-state index contributed by atoms with van der Waals surface area (Å²) >= 11 is 0. The van der Waals surface area contributed by atoms with Gasteiger partial charge < -0.3 is 14.7 Å². The minimum atomic E-state index is -0.993. The van der Waals surface area contributed by atoms with E-state index in [4.69, 9.17) is 9.84 Å². The Bertz CT molecular complexity index is 1220. The van der Waals surface area contributed by atoms with E-state index in [1.165, 1.54) is 28.2 Å². The van der Waals surface area contributed by atoms with Crippen molar-refractivity contribution in [3.63, 3.8) is 0 Å². The van der Waals surface area contributed by atoms with Crippen molar-refractivity contribution in [2.24, 2.45) is 0 Å². The number of aryl methyl sites for hydroxylation is 1. The third kappa shape index (κ3) is 6.07. The third-order valence-corrected chi connectivity index (χ3v) is 6.38. The van der Waals surface area contributed by atoms with Crippen LogP contribution in [0.5, 0.6) is 5.75 Å². The molecule has 1 N–H and O–H groups in total. The lowest BCUT2D eigenvalue weighted by molar-refractivity contribution is -0.137. The molecule has 0 aromatic heterocycles. The zero-order chi connectivity index (χ0) is 25.0. The summed E-state index contributed by atoms with van der Waals surface area (Å²) in [6, 6.07) is 19.9. The summed E-state index contributed by atoms with van der Waals surface area (Å²) in [6.07, 6.45) is 2.22. The van der Waals surface area contributed by atoms with E-state index in [1.807, 2.05) is 12.1 Å². The molecule has 1 amide bonds. The normalized spacial score (nSPS) is 16.4. The number of carboxylic acids is 1. The van der Waals surface area contributed by atoms with Gasteiger partial charge in [0.25, 0.3) is 5.91 Å². The molecule has 0 saturated carbocycles. The Morgan fingerprint density at radius 2 is 1.77 bits per heavy atom. The van der Waals surface area contributed by atoms with Crippen molar-refractivity contribution in [3.05, 3.63) is 100 Å². The fourth-order valence-electron chi connectivity index (χ4n) is 4.60. The molecule has 1 atom stereocenters. The maximum absolute atomic E-state index is 13.7. The number of amides is 1. The van der Waals surface area contributed by atoms with Crippen molar-refractivity contribution in [3.8, 4) is 5.75 Å². The zero-order valence-corrected chi connectivity index (χ0v) is 20.1. The predicted molar refractivity (Wildman–Crippen MR) is 132 cm³/mol. The fraction of sp³-hybridized carbons (Fsp3) is 0.310. The highest BCUT2D eigenvalue weighted by Gasteiger charge is 2.35. The van der Waals surface area contributed by atoms with Crippen molar-refractivity contribution < 1.29 is 23.8 Å². The summed E-state index contributed by atoms with van der Waals surface area (Å²) in [5.41, 5.74) is 4.10. The molecule has 3 aromatic carbocycles. The van der Waals surface area contributed by atoms with Crippen LogP contribution in [0.4, 0.5) is 4.39 Å². The molecule has 1 unspecified atom stereocenters. The highest BCUT2D eigenvalue weighted by Crippen LogP contribution is 2.37. The van der Waals surface area contributed by atoms with Crippen LogP contribution < -0.4 is 4.74 Å². The number of aliphatic carboxylic acids is 1. The summed E-state index contributed by atoms with van der Waals surface area (Å²) < 4.78 is 20.0. The Morgan fingerprint density at radius 3 is 2.46 bits per heavy atom. The van der Waals surface area contributed by atoms with Crippen LogP contribution in [0, 0.1) is 5.82 Å². The number of benzene rings is 3. The molecule has 0 spiro atoms. The van der Waals surface area contributed by atoms with Gasteiger partial charge in [-0.05, 0) is 65.9 Å². The Balaban J connectivity index is 1.51. The van der Waals surface area contributed by atoms with Crippen LogP contribution in [0.3, 0.4) is 0 Å². The summed E-state index contributed by atoms with van der Waals surface area (Å²) in [4.78, 5) is 26.0. The van der Waals surface area contributed by atoms with Gasteiger partial charge in [-0.2, -0.15) is 0 Å². The first kappa shape index (κ1) is 24.5. The van der Waals surface area contributed by atoms with Gasteiger partial charge in [0, 0.05) is 31.5 Å². The average Bonchev–Trinajstić information content (AvgIpc) is 3.16. The molecule has 0 bridgehead atoms. The quantitative estimate of drug-likeness (QED) is 0.447. The lowest BCUT2D eigenvalue weighted by Crippen LogP contribution is -2.33. The monoisotopic (exact) mass is 475 g/mol. The standard InChI is InChI=1S/C29H30FNO4/c1-3-20-7-9-21(10-8-20)17-29(2)18-24-16-23(11-12-26(24)35-29)28(34)31(14-13-27(32)33)19-22-5-4-6-25(30)15-22/h4-12,15-16H,3,13-14,17-19H2,1-2H3,(H,32,33). The molecule has 3 aromatic rings. The number of hydrogen-bond donors (Lipinski definition) is 1. The number of nitrogens with zero attached hydrogens (tertiary/aromatic N) is 1. The average molecular weight is 476 g/mol. The minimum absolute atomic E-state index is 0.0315. The number of fused-ring (bicyclic) bond motifs is 1. The van der Waals surface area contributed by atoms with E-state index in [2.05, 4.69) is 38.1 Å². The summed E-state index contributed by atoms with van der Waals surface area (Å²) in [7, 11) is 0. The Kier molecular flexibility index (Phi) is 7.20. The molecule has 6 heteroatoms. The van der Waals surface area contributed by atoms with E-state index in [0.717, 1.165) is 24.2 Å². The van der Waals surface area contributed by atoms with Crippen LogP contribution in [-0.4, -0.2) is 34.0 Å². The Labute approximate surface area is 205 Å². The molecule has 182 valence electrons. The molecule has 1 aliphatic rings. The van der Waals surface area contributed by atoms with Crippen molar-refractivity contribution in [2.45, 2.75) is 51.7 Å². The highest BCUT2D eigenvalue weighted by molar-refractivity contribution is 5.95. The van der Waals surface area contributed by atoms with Crippen LogP contribution >= 0.6 is 0 Å². The van der Waals surface area contributed by atoms with Gasteiger partial charge in [-0.1, -0.05) is 43.3 Å². The summed E-state index contributed by atoms with van der Waals surface area (Å²) in [5.74, 6) is -0.919. The first-order valence-corrected chi connectivity index (χ1v) is 11.9. The maximum atomic E-state index is 13.7. The molecular formula is C29H30FNO4. The van der Waals surface area contributed by atoms with Gasteiger partial charge in [0.15, 0.2) is 0 Å². The predicted octanol–water partition coefficient (Wildman–Crippen LogP) is 5.44. The molecule has 1 aliphatic heterocycles. The van der Waals surface area contributed by atoms with Crippen molar-refractivity contribution >= 4 is 11.9 Å². The van der Waals surface area contributed by atoms with E-state index >= 15 is 0 Å². The van der Waals surface area contributed by atoms with Crippen LogP contribution in [0.2, 0.25) is 0 Å². The second-order valence-corrected chi connectivity index (χ2v) is 9.40. The number of rotatable bonds is 9. The molecule has 0 saturated heterocycles. The molecule has 4 rings (SSSR count). The lowest BCUT2D eigenvalue weighted by Gasteiger charge is -2.24. The minimum Gasteiger partial charge on any atom is -0.487 e. The smallest absolute Gasteiger partial charge is 0.305 e. The highest BCUT2D eigenvalue weighted by atomic mass is 19.1. The molecule has 1 heterocycles. The molecule has 35 heavy (non-hydrogen) atoms. The van der Waals surface area contributed by atoms with Gasteiger partial charge in [0.2, 0.25) is 0 Å². The number of hydrogen-bond acceptors (Lipinski definition) is 3. The van der Waals surface area contributed by atoms with Gasteiger partial charge >= 0.3 is 5.97 Å². The second-order valence-electron chi connectivity index (χ2n) is 9.40. The van der Waals surface area contributed by atoms with Gasteiger partial charge in [-0.25, -0.2) is 4.39 Å². The number of halogens is 1. The molecule has 0 radical (unpaired) electrons. The van der Waals surface area contributed by atoms with Crippen LogP contribution in [-0.2, 0) is 30.6 Å². The molecule has 0 aliphatic carbocycles. The largest absolute Gasteiger partial charge is 0.487 e. The first-order valence-electron chi connectivity index (χ1n) is 11.9. The fourth-order valence-corrected chi connectivity index (χ4v) is 4.60. The van der Waals surface area contributed by atoms with Crippen LogP contribution in [0.1, 0.15) is 52.9 Å². The summed E-state index contributed by atoms with van der Waals surface area (Å²) in [5, 5.41) is 9.15. The van der Waals surface area contributed by atoms with Crippen molar-refractivity contribution in [2.75, 3.05) is 6.54 Å². The van der Waals surface area contributed by atoms with Crippen LogP contribution in [0.25, 0.3) is 0 Å². The van der Waals surface area contributed by atoms with Crippen molar-refractivity contribution in [1.29, 1.82) is 0 Å². The number of carboxylic acid groups (broad SMARTS) is 1. The lowest BCUT2D eigenvalue weighted by atomic mass is 9.91. The van der Waals surface area contributed by atoms with Gasteiger partial charge in [-0.15, -0.1) is 0 Å². The maximum Gasteiger partial charge on any atom is 0.305 e. The van der Waals surface area contributed by atoms with E-state index in [0.29, 0.717) is 17.5 Å². The Hall–Kier alpha value is -3.67. The van der Waals surface area contributed by atoms with Gasteiger partial charge in [0.05, 0.1) is 6.42 Å². The first-order chi connectivity index (χ1) is 16.7. The van der Waals surface area contributed by atoms with Gasteiger partial charge in [0.1, 0.15) is 17.2 Å². The molecule has 5 nitrogen and oxygen atoms in total. The van der Waals surface area contributed by atoms with E-state index in [9.17, 15) is 14.0 Å². The molecule has 0 fully saturated rings. The van der Waals surface area contributed by atoms with E-state index in [1.54, 1.807) is 18.2 Å². The van der Waals surface area contributed by atoms with Crippen molar-refractivity contribution in [1.82, 2.24) is 4.90 Å².